The van der Waals surface area contributed by atoms with E-state index >= 15 is 0 Å². The minimum Gasteiger partial charge on any atom is -0.508 e. The maximum atomic E-state index is 13.1. The molecule has 1 N–H and O–H groups in total. The molecule has 2 amide bonds. The predicted octanol–water partition coefficient (Wildman–Crippen LogP) is 4.37. The maximum absolute atomic E-state index is 13.1. The van der Waals surface area contributed by atoms with E-state index in [0.29, 0.717) is 29.8 Å². The topological polar surface area (TPSA) is 60.9 Å². The van der Waals surface area contributed by atoms with E-state index in [2.05, 4.69) is 4.90 Å². The van der Waals surface area contributed by atoms with Crippen LogP contribution in [0.3, 0.4) is 0 Å². The summed E-state index contributed by atoms with van der Waals surface area (Å²) in [6.45, 7) is 3.17. The second-order valence-corrected chi connectivity index (χ2v) is 8.52. The summed E-state index contributed by atoms with van der Waals surface area (Å²) >= 11 is 0. The lowest BCUT2D eigenvalue weighted by atomic mass is 9.94. The van der Waals surface area contributed by atoms with Crippen LogP contribution >= 0.6 is 0 Å². The molecule has 31 heavy (non-hydrogen) atoms. The summed E-state index contributed by atoms with van der Waals surface area (Å²) in [7, 11) is 0. The largest absolute Gasteiger partial charge is 0.508 e. The van der Waals surface area contributed by atoms with E-state index in [1.807, 2.05) is 36.4 Å². The van der Waals surface area contributed by atoms with Gasteiger partial charge in [-0.15, -0.1) is 0 Å². The van der Waals surface area contributed by atoms with E-state index in [0.717, 1.165) is 41.5 Å². The second-order valence-electron chi connectivity index (χ2n) is 8.52. The Morgan fingerprint density at radius 2 is 1.52 bits per heavy atom. The van der Waals surface area contributed by atoms with E-state index in [4.69, 9.17) is 0 Å². The molecule has 0 aliphatic carbocycles. The van der Waals surface area contributed by atoms with Crippen LogP contribution in [-0.4, -0.2) is 46.4 Å². The molecule has 3 aromatic rings. The average Bonchev–Trinajstić information content (AvgIpc) is 2.80. The zero-order chi connectivity index (χ0) is 21.4. The molecule has 0 radical (unpaired) electrons. The summed E-state index contributed by atoms with van der Waals surface area (Å²) < 4.78 is 0. The van der Waals surface area contributed by atoms with Crippen LogP contribution < -0.4 is 0 Å². The monoisotopic (exact) mass is 414 g/mol. The number of phenolic OH excluding ortho intramolecular Hbond substituents is 1. The zero-order valence-corrected chi connectivity index (χ0v) is 17.5. The van der Waals surface area contributed by atoms with Crippen LogP contribution in [0.1, 0.15) is 51.1 Å². The smallest absolute Gasteiger partial charge is 0.261 e. The standard InChI is InChI=1S/C26H26N2O3/c29-23-11-10-18(16-20(23)17-27-13-2-1-3-14-27)12-15-28-25(30)21-8-4-6-19-7-5-9-22(24(19)21)26(28)31/h4-11,16,29H,1-3,12-15,17H2. The van der Waals surface area contributed by atoms with Crippen LogP contribution in [0.5, 0.6) is 5.75 Å². The van der Waals surface area contributed by atoms with E-state index in [1.54, 1.807) is 18.2 Å². The summed E-state index contributed by atoms with van der Waals surface area (Å²) in [6, 6.07) is 16.8. The van der Waals surface area contributed by atoms with Gasteiger partial charge in [0, 0.05) is 35.2 Å². The van der Waals surface area contributed by atoms with E-state index in [-0.39, 0.29) is 11.8 Å². The second kappa shape index (κ2) is 8.16. The van der Waals surface area contributed by atoms with Crippen molar-refractivity contribution in [2.24, 2.45) is 0 Å². The maximum Gasteiger partial charge on any atom is 0.261 e. The summed E-state index contributed by atoms with van der Waals surface area (Å²) in [6.07, 6.45) is 4.24. The molecular weight excluding hydrogens is 388 g/mol. The van der Waals surface area contributed by atoms with Gasteiger partial charge in [-0.1, -0.05) is 42.8 Å². The highest BCUT2D eigenvalue weighted by molar-refractivity contribution is 6.25. The number of amides is 2. The van der Waals surface area contributed by atoms with E-state index in [9.17, 15) is 14.7 Å². The van der Waals surface area contributed by atoms with Gasteiger partial charge in [0.05, 0.1) is 0 Å². The van der Waals surface area contributed by atoms with Crippen molar-refractivity contribution in [3.8, 4) is 5.75 Å². The van der Waals surface area contributed by atoms with Gasteiger partial charge in [0.1, 0.15) is 5.75 Å². The molecule has 5 rings (SSSR count). The molecule has 0 unspecified atom stereocenters. The fourth-order valence-corrected chi connectivity index (χ4v) is 4.80. The number of benzene rings is 3. The minimum absolute atomic E-state index is 0.235. The highest BCUT2D eigenvalue weighted by Crippen LogP contribution is 2.30. The van der Waals surface area contributed by atoms with Crippen LogP contribution in [-0.2, 0) is 13.0 Å². The highest BCUT2D eigenvalue weighted by Gasteiger charge is 2.32. The number of carbonyl (C=O) groups excluding carboxylic acids is 2. The van der Waals surface area contributed by atoms with Gasteiger partial charge in [0.2, 0.25) is 0 Å². The van der Waals surface area contributed by atoms with Crippen molar-refractivity contribution in [1.29, 1.82) is 0 Å². The molecule has 0 saturated carbocycles. The fourth-order valence-electron chi connectivity index (χ4n) is 4.80. The zero-order valence-electron chi connectivity index (χ0n) is 17.5. The Labute approximate surface area is 181 Å². The third-order valence-electron chi connectivity index (χ3n) is 6.47. The Morgan fingerprint density at radius 1 is 0.839 bits per heavy atom. The lowest BCUT2D eigenvalue weighted by Gasteiger charge is -2.28. The lowest BCUT2D eigenvalue weighted by molar-refractivity contribution is 0.0612. The minimum atomic E-state index is -0.235. The predicted molar refractivity (Wildman–Crippen MR) is 120 cm³/mol. The first-order valence-corrected chi connectivity index (χ1v) is 11.0. The normalized spacial score (nSPS) is 16.8. The summed E-state index contributed by atoms with van der Waals surface area (Å²) in [4.78, 5) is 29.9. The first-order valence-electron chi connectivity index (χ1n) is 11.0. The number of hydrogen-bond donors (Lipinski definition) is 1. The average molecular weight is 415 g/mol. The van der Waals surface area contributed by atoms with Crippen molar-refractivity contribution in [2.75, 3.05) is 19.6 Å². The molecule has 5 heteroatoms. The van der Waals surface area contributed by atoms with Gasteiger partial charge >= 0.3 is 0 Å². The number of carbonyl (C=O) groups is 2. The molecule has 1 fully saturated rings. The first-order chi connectivity index (χ1) is 15.1. The summed E-state index contributed by atoms with van der Waals surface area (Å²) in [5, 5.41) is 12.0. The molecule has 3 aromatic carbocycles. The Balaban J connectivity index is 1.35. The number of imide groups is 1. The van der Waals surface area contributed by atoms with Gasteiger partial charge in [0.25, 0.3) is 11.8 Å². The molecule has 0 spiro atoms. The van der Waals surface area contributed by atoms with Gasteiger partial charge in [-0.25, -0.2) is 0 Å². The number of likely N-dealkylation sites (tertiary alicyclic amines) is 1. The third-order valence-corrected chi connectivity index (χ3v) is 6.47. The number of hydrogen-bond acceptors (Lipinski definition) is 4. The van der Waals surface area contributed by atoms with Crippen LogP contribution in [0, 0.1) is 0 Å². The SMILES string of the molecule is O=C1c2cccc3cccc(c23)C(=O)N1CCc1ccc(O)c(CN2CCCCC2)c1. The third kappa shape index (κ3) is 3.70. The quantitative estimate of drug-likeness (QED) is 0.630. The van der Waals surface area contributed by atoms with Gasteiger partial charge in [0.15, 0.2) is 0 Å². The van der Waals surface area contributed by atoms with Crippen LogP contribution in [0.25, 0.3) is 10.8 Å². The number of phenols is 1. The molecule has 158 valence electrons. The molecule has 0 atom stereocenters. The Hall–Kier alpha value is -3.18. The van der Waals surface area contributed by atoms with Gasteiger partial charge < -0.3 is 5.11 Å². The number of nitrogens with zero attached hydrogens (tertiary/aromatic N) is 2. The fraction of sp³-hybridized carbons (Fsp3) is 0.308. The summed E-state index contributed by atoms with van der Waals surface area (Å²) in [5.41, 5.74) is 3.10. The molecular formula is C26H26N2O3. The number of piperidine rings is 1. The highest BCUT2D eigenvalue weighted by atomic mass is 16.3. The number of aromatic hydroxyl groups is 1. The Morgan fingerprint density at radius 3 is 2.19 bits per heavy atom. The van der Waals surface area contributed by atoms with Gasteiger partial charge in [-0.2, -0.15) is 0 Å². The van der Waals surface area contributed by atoms with Crippen molar-refractivity contribution in [1.82, 2.24) is 9.80 Å². The number of rotatable bonds is 5. The van der Waals surface area contributed by atoms with E-state index in [1.165, 1.54) is 24.2 Å². The molecule has 2 aliphatic rings. The van der Waals surface area contributed by atoms with E-state index < -0.39 is 0 Å². The van der Waals surface area contributed by atoms with Crippen molar-refractivity contribution in [3.05, 3.63) is 76.9 Å². The van der Waals surface area contributed by atoms with Crippen molar-refractivity contribution in [2.45, 2.75) is 32.2 Å². The first kappa shape index (κ1) is 19.8. The van der Waals surface area contributed by atoms with Gasteiger partial charge in [-0.05, 0) is 61.5 Å². The molecule has 2 aliphatic heterocycles. The van der Waals surface area contributed by atoms with Crippen LogP contribution in [0.4, 0.5) is 0 Å². The molecule has 1 saturated heterocycles. The van der Waals surface area contributed by atoms with Gasteiger partial charge in [-0.3, -0.25) is 19.4 Å². The van der Waals surface area contributed by atoms with Crippen LogP contribution in [0.15, 0.2) is 54.6 Å². The lowest BCUT2D eigenvalue weighted by Crippen LogP contribution is -2.41. The van der Waals surface area contributed by atoms with Crippen molar-refractivity contribution < 1.29 is 14.7 Å². The Bertz CT molecular complexity index is 1110. The summed E-state index contributed by atoms with van der Waals surface area (Å²) in [5.74, 6) is -0.164. The van der Waals surface area contributed by atoms with Crippen LogP contribution in [0.2, 0.25) is 0 Å². The van der Waals surface area contributed by atoms with Crippen molar-refractivity contribution >= 4 is 22.6 Å². The van der Waals surface area contributed by atoms with Crippen molar-refractivity contribution in [3.63, 3.8) is 0 Å². The molecule has 0 bridgehead atoms. The molecule has 5 nitrogen and oxygen atoms in total. The molecule has 0 aromatic heterocycles. The molecule has 2 heterocycles. The Kier molecular flexibility index (Phi) is 5.20.